The lowest BCUT2D eigenvalue weighted by molar-refractivity contribution is 0.0945. The van der Waals surface area contributed by atoms with Crippen molar-refractivity contribution in [2.75, 3.05) is 26.2 Å². The van der Waals surface area contributed by atoms with Crippen LogP contribution in [0.15, 0.2) is 47.6 Å². The Kier molecular flexibility index (Phi) is 4.47. The second-order valence-corrected chi connectivity index (χ2v) is 8.34. The molecule has 0 radical (unpaired) electrons. The van der Waals surface area contributed by atoms with Gasteiger partial charge in [-0.15, -0.1) is 0 Å². The maximum atomic E-state index is 13.3. The van der Waals surface area contributed by atoms with E-state index < -0.39 is 10.0 Å². The van der Waals surface area contributed by atoms with E-state index in [0.717, 1.165) is 11.1 Å². The summed E-state index contributed by atoms with van der Waals surface area (Å²) in [6, 6.07) is 8.22. The van der Waals surface area contributed by atoms with E-state index in [-0.39, 0.29) is 16.8 Å². The standard InChI is InChI=1S/C18H20N4O3S/c23-18-16-10-15(4-3-13(16)5-7-21-18)26(24,25)22-9-8-20-12-17(22)14-2-1-6-19-11-14/h1-4,6,10-11,17,20H,5,7-9,12H2,(H,21,23). The predicted octanol–water partition coefficient (Wildman–Crippen LogP) is 0.703. The Balaban J connectivity index is 1.73. The molecule has 0 spiro atoms. The van der Waals surface area contributed by atoms with Crippen LogP contribution in [0.5, 0.6) is 0 Å². The van der Waals surface area contributed by atoms with Crippen LogP contribution in [0.4, 0.5) is 0 Å². The lowest BCUT2D eigenvalue weighted by atomic mass is 10.0. The van der Waals surface area contributed by atoms with Crippen molar-refractivity contribution in [3.8, 4) is 0 Å². The van der Waals surface area contributed by atoms with Crippen LogP contribution in [0.2, 0.25) is 0 Å². The quantitative estimate of drug-likeness (QED) is 0.828. The molecule has 0 aliphatic carbocycles. The number of carbonyl (C=O) groups is 1. The van der Waals surface area contributed by atoms with E-state index in [4.69, 9.17) is 0 Å². The number of benzene rings is 1. The van der Waals surface area contributed by atoms with E-state index >= 15 is 0 Å². The number of piperazine rings is 1. The molecule has 26 heavy (non-hydrogen) atoms. The number of pyridine rings is 1. The third-order valence-corrected chi connectivity index (χ3v) is 6.78. The van der Waals surface area contributed by atoms with Gasteiger partial charge in [0.15, 0.2) is 0 Å². The Bertz CT molecular complexity index is 931. The molecule has 2 aliphatic rings. The van der Waals surface area contributed by atoms with Gasteiger partial charge in [0.2, 0.25) is 10.0 Å². The molecule has 2 aliphatic heterocycles. The summed E-state index contributed by atoms with van der Waals surface area (Å²) in [5.74, 6) is -0.215. The monoisotopic (exact) mass is 372 g/mol. The number of sulfonamides is 1. The highest BCUT2D eigenvalue weighted by Gasteiger charge is 2.35. The van der Waals surface area contributed by atoms with Gasteiger partial charge in [0, 0.05) is 44.1 Å². The first-order valence-corrected chi connectivity index (χ1v) is 10.0. The van der Waals surface area contributed by atoms with Crippen molar-refractivity contribution in [1.29, 1.82) is 0 Å². The number of nitrogens with zero attached hydrogens (tertiary/aromatic N) is 2. The predicted molar refractivity (Wildman–Crippen MR) is 96.2 cm³/mol. The van der Waals surface area contributed by atoms with Crippen molar-refractivity contribution in [2.24, 2.45) is 0 Å². The van der Waals surface area contributed by atoms with Gasteiger partial charge >= 0.3 is 0 Å². The molecule has 8 heteroatoms. The second-order valence-electron chi connectivity index (χ2n) is 6.45. The van der Waals surface area contributed by atoms with Gasteiger partial charge < -0.3 is 10.6 Å². The molecule has 1 aromatic heterocycles. The van der Waals surface area contributed by atoms with Crippen LogP contribution < -0.4 is 10.6 Å². The minimum Gasteiger partial charge on any atom is -0.352 e. The number of aromatic nitrogens is 1. The average molecular weight is 372 g/mol. The highest BCUT2D eigenvalue weighted by Crippen LogP contribution is 2.29. The second kappa shape index (κ2) is 6.79. The normalized spacial score (nSPS) is 21.1. The highest BCUT2D eigenvalue weighted by atomic mass is 32.2. The van der Waals surface area contributed by atoms with Crippen molar-refractivity contribution in [1.82, 2.24) is 19.9 Å². The van der Waals surface area contributed by atoms with Crippen molar-refractivity contribution in [2.45, 2.75) is 17.4 Å². The lowest BCUT2D eigenvalue weighted by Crippen LogP contribution is -2.48. The SMILES string of the molecule is O=C1NCCc2ccc(S(=O)(=O)N3CCNCC3c3cccnc3)cc21. The smallest absolute Gasteiger partial charge is 0.251 e. The molecule has 0 saturated carbocycles. The van der Waals surface area contributed by atoms with Gasteiger partial charge in [0.05, 0.1) is 10.9 Å². The van der Waals surface area contributed by atoms with E-state index in [2.05, 4.69) is 15.6 Å². The topological polar surface area (TPSA) is 91.4 Å². The van der Waals surface area contributed by atoms with Crippen LogP contribution in [-0.4, -0.2) is 49.8 Å². The number of fused-ring (bicyclic) bond motifs is 1. The molecule has 1 amide bonds. The Morgan fingerprint density at radius 1 is 1.19 bits per heavy atom. The van der Waals surface area contributed by atoms with E-state index in [1.54, 1.807) is 30.6 Å². The summed E-state index contributed by atoms with van der Waals surface area (Å²) in [5, 5.41) is 6.01. The van der Waals surface area contributed by atoms with Crippen molar-refractivity contribution >= 4 is 15.9 Å². The zero-order valence-corrected chi connectivity index (χ0v) is 15.0. The van der Waals surface area contributed by atoms with Crippen LogP contribution in [0.3, 0.4) is 0 Å². The fraction of sp³-hybridized carbons (Fsp3) is 0.333. The Labute approximate surface area is 152 Å². The van der Waals surface area contributed by atoms with Gasteiger partial charge in [-0.1, -0.05) is 12.1 Å². The summed E-state index contributed by atoms with van der Waals surface area (Å²) in [5.41, 5.74) is 2.18. The number of hydrogen-bond acceptors (Lipinski definition) is 5. The van der Waals surface area contributed by atoms with Gasteiger partial charge in [-0.25, -0.2) is 8.42 Å². The molecule has 3 heterocycles. The largest absolute Gasteiger partial charge is 0.352 e. The Morgan fingerprint density at radius 2 is 2.08 bits per heavy atom. The van der Waals surface area contributed by atoms with E-state index in [9.17, 15) is 13.2 Å². The van der Waals surface area contributed by atoms with Gasteiger partial charge in [-0.2, -0.15) is 4.31 Å². The van der Waals surface area contributed by atoms with Crippen molar-refractivity contribution in [3.63, 3.8) is 0 Å². The molecule has 1 saturated heterocycles. The molecule has 2 aromatic rings. The molecule has 7 nitrogen and oxygen atoms in total. The Morgan fingerprint density at radius 3 is 2.88 bits per heavy atom. The first kappa shape index (κ1) is 17.1. The van der Waals surface area contributed by atoms with Crippen LogP contribution in [0, 0.1) is 0 Å². The minimum atomic E-state index is -3.73. The average Bonchev–Trinajstić information content (AvgIpc) is 2.69. The molecule has 4 rings (SSSR count). The van der Waals surface area contributed by atoms with E-state index in [0.29, 0.717) is 38.2 Å². The van der Waals surface area contributed by atoms with E-state index in [1.165, 1.54) is 10.4 Å². The fourth-order valence-electron chi connectivity index (χ4n) is 3.52. The van der Waals surface area contributed by atoms with Crippen LogP contribution in [0.1, 0.15) is 27.5 Å². The van der Waals surface area contributed by atoms with Gasteiger partial charge in [0.25, 0.3) is 5.91 Å². The van der Waals surface area contributed by atoms with E-state index in [1.807, 2.05) is 6.07 Å². The third-order valence-electron chi connectivity index (χ3n) is 4.88. The zero-order valence-electron chi connectivity index (χ0n) is 14.2. The molecule has 1 atom stereocenters. The molecule has 2 N–H and O–H groups in total. The molecular weight excluding hydrogens is 352 g/mol. The van der Waals surface area contributed by atoms with Crippen LogP contribution in [0.25, 0.3) is 0 Å². The summed E-state index contributed by atoms with van der Waals surface area (Å²) < 4.78 is 28.1. The third kappa shape index (κ3) is 3.00. The zero-order chi connectivity index (χ0) is 18.1. The molecule has 1 unspecified atom stereocenters. The van der Waals surface area contributed by atoms with Gasteiger partial charge in [-0.3, -0.25) is 9.78 Å². The molecule has 1 fully saturated rings. The van der Waals surface area contributed by atoms with Crippen LogP contribution >= 0.6 is 0 Å². The number of nitrogens with one attached hydrogen (secondary N) is 2. The first-order chi connectivity index (χ1) is 12.6. The first-order valence-electron chi connectivity index (χ1n) is 8.61. The highest BCUT2D eigenvalue weighted by molar-refractivity contribution is 7.89. The summed E-state index contributed by atoms with van der Waals surface area (Å²) in [6.07, 6.45) is 4.08. The van der Waals surface area contributed by atoms with Gasteiger partial charge in [0.1, 0.15) is 0 Å². The molecule has 136 valence electrons. The summed E-state index contributed by atoms with van der Waals surface area (Å²) in [7, 11) is -3.73. The maximum absolute atomic E-state index is 13.3. The molecule has 1 aromatic carbocycles. The summed E-state index contributed by atoms with van der Waals surface area (Å²) in [6.45, 7) is 2.06. The minimum absolute atomic E-state index is 0.157. The van der Waals surface area contributed by atoms with Crippen molar-refractivity contribution < 1.29 is 13.2 Å². The van der Waals surface area contributed by atoms with Gasteiger partial charge in [-0.05, 0) is 35.7 Å². The summed E-state index contributed by atoms with van der Waals surface area (Å²) in [4.78, 5) is 16.4. The molecule has 0 bridgehead atoms. The van der Waals surface area contributed by atoms with Crippen LogP contribution in [-0.2, 0) is 16.4 Å². The number of hydrogen-bond donors (Lipinski definition) is 2. The number of amides is 1. The van der Waals surface area contributed by atoms with Crippen molar-refractivity contribution in [3.05, 3.63) is 59.4 Å². The maximum Gasteiger partial charge on any atom is 0.251 e. The lowest BCUT2D eigenvalue weighted by Gasteiger charge is -2.35. The number of carbonyl (C=O) groups excluding carboxylic acids is 1. The molecular formula is C18H20N4O3S. The number of rotatable bonds is 3. The Hall–Kier alpha value is -2.29. The summed E-state index contributed by atoms with van der Waals surface area (Å²) >= 11 is 0. The fourth-order valence-corrected chi connectivity index (χ4v) is 5.16.